The lowest BCUT2D eigenvalue weighted by Gasteiger charge is -2.14. The van der Waals surface area contributed by atoms with Gasteiger partial charge in [-0.1, -0.05) is 15.9 Å². The molecule has 1 rings (SSSR count). The van der Waals surface area contributed by atoms with Gasteiger partial charge in [0.15, 0.2) is 0 Å². The lowest BCUT2D eigenvalue weighted by Crippen LogP contribution is -2.20. The van der Waals surface area contributed by atoms with E-state index in [-0.39, 0.29) is 16.6 Å². The van der Waals surface area contributed by atoms with Gasteiger partial charge in [0.25, 0.3) is 6.43 Å². The van der Waals surface area contributed by atoms with Crippen molar-refractivity contribution in [2.24, 2.45) is 0 Å². The van der Waals surface area contributed by atoms with Crippen LogP contribution in [0.15, 0.2) is 6.07 Å². The molecule has 1 N–H and O–H groups in total. The van der Waals surface area contributed by atoms with Gasteiger partial charge < -0.3 is 9.84 Å². The molecule has 1 aromatic rings. The second-order valence-electron chi connectivity index (χ2n) is 3.13. The van der Waals surface area contributed by atoms with E-state index in [1.807, 2.05) is 0 Å². The maximum atomic E-state index is 12.6. The van der Waals surface area contributed by atoms with Crippen LogP contribution in [0.25, 0.3) is 0 Å². The van der Waals surface area contributed by atoms with Gasteiger partial charge in [-0.15, -0.1) is 13.2 Å². The van der Waals surface area contributed by atoms with E-state index in [2.05, 4.69) is 25.7 Å². The van der Waals surface area contributed by atoms with Gasteiger partial charge in [0, 0.05) is 10.9 Å². The molecule has 0 unspecified atom stereocenters. The third kappa shape index (κ3) is 3.77. The highest BCUT2D eigenvalue weighted by molar-refractivity contribution is 9.08. The molecule has 9 heteroatoms. The quantitative estimate of drug-likeness (QED) is 0.678. The van der Waals surface area contributed by atoms with Gasteiger partial charge in [0.05, 0.1) is 17.9 Å². The Morgan fingerprint density at radius 2 is 2.00 bits per heavy atom. The largest absolute Gasteiger partial charge is 0.574 e. The van der Waals surface area contributed by atoms with Crippen molar-refractivity contribution in [3.05, 3.63) is 22.9 Å². The van der Waals surface area contributed by atoms with Crippen molar-refractivity contribution in [3.63, 3.8) is 0 Å². The Balaban J connectivity index is 3.29. The van der Waals surface area contributed by atoms with E-state index in [9.17, 15) is 22.0 Å². The number of hydrogen-bond donors (Lipinski definition) is 1. The highest BCUT2D eigenvalue weighted by Gasteiger charge is 2.34. The summed E-state index contributed by atoms with van der Waals surface area (Å²) in [4.78, 5) is 3.34. The number of aliphatic hydroxyl groups is 1. The molecule has 0 aromatic carbocycles. The van der Waals surface area contributed by atoms with Crippen molar-refractivity contribution in [2.45, 2.75) is 24.7 Å². The zero-order valence-electron chi connectivity index (χ0n) is 8.64. The van der Waals surface area contributed by atoms with Crippen LogP contribution >= 0.6 is 15.9 Å². The minimum absolute atomic E-state index is 0.000624. The number of rotatable bonds is 4. The van der Waals surface area contributed by atoms with Crippen LogP contribution in [0.2, 0.25) is 0 Å². The SMILES string of the molecule is OCc1cc(C(F)F)c(OC(F)(F)F)nc1CBr. The molecular formula is C9H7BrF5NO2. The molecule has 0 saturated heterocycles. The molecule has 0 saturated carbocycles. The predicted octanol–water partition coefficient (Wildman–Crippen LogP) is 3.31. The van der Waals surface area contributed by atoms with Crippen LogP contribution in [0.5, 0.6) is 5.88 Å². The fraction of sp³-hybridized carbons (Fsp3) is 0.444. The van der Waals surface area contributed by atoms with Crippen molar-refractivity contribution in [3.8, 4) is 5.88 Å². The molecule has 0 aliphatic carbocycles. The Morgan fingerprint density at radius 3 is 2.39 bits per heavy atom. The number of pyridine rings is 1. The van der Waals surface area contributed by atoms with Crippen LogP contribution < -0.4 is 4.74 Å². The van der Waals surface area contributed by atoms with Gasteiger partial charge in [-0.3, -0.25) is 0 Å². The molecule has 0 fully saturated rings. The second kappa shape index (κ2) is 5.79. The molecule has 0 bridgehead atoms. The van der Waals surface area contributed by atoms with E-state index in [1.54, 1.807) is 0 Å². The van der Waals surface area contributed by atoms with E-state index in [4.69, 9.17) is 5.11 Å². The molecule has 102 valence electrons. The number of halogens is 6. The number of ether oxygens (including phenoxy) is 1. The Kier molecular flexibility index (Phi) is 4.85. The third-order valence-electron chi connectivity index (χ3n) is 1.93. The first-order chi connectivity index (χ1) is 8.28. The van der Waals surface area contributed by atoms with Gasteiger partial charge >= 0.3 is 6.36 Å². The summed E-state index contributed by atoms with van der Waals surface area (Å²) in [5.41, 5.74) is -1.00. The molecule has 1 heterocycles. The van der Waals surface area contributed by atoms with Gasteiger partial charge in [-0.2, -0.15) is 0 Å². The number of alkyl halides is 6. The first-order valence-corrected chi connectivity index (χ1v) is 5.64. The Labute approximate surface area is 107 Å². The highest BCUT2D eigenvalue weighted by atomic mass is 79.9. The van der Waals surface area contributed by atoms with Crippen LogP contribution in [0.1, 0.15) is 23.2 Å². The summed E-state index contributed by atoms with van der Waals surface area (Å²) in [6, 6.07) is 0.745. The van der Waals surface area contributed by atoms with Crippen molar-refractivity contribution >= 4 is 15.9 Å². The maximum absolute atomic E-state index is 12.6. The summed E-state index contributed by atoms with van der Waals surface area (Å²) < 4.78 is 64.7. The van der Waals surface area contributed by atoms with E-state index in [0.29, 0.717) is 0 Å². The second-order valence-corrected chi connectivity index (χ2v) is 3.69. The third-order valence-corrected chi connectivity index (χ3v) is 2.46. The zero-order valence-corrected chi connectivity index (χ0v) is 10.2. The monoisotopic (exact) mass is 335 g/mol. The fourth-order valence-corrected chi connectivity index (χ4v) is 1.68. The van der Waals surface area contributed by atoms with E-state index < -0.39 is 30.8 Å². The summed E-state index contributed by atoms with van der Waals surface area (Å²) in [6.07, 6.45) is -8.30. The standard InChI is InChI=1S/C9H7BrF5NO2/c10-2-6-4(3-17)1-5(7(11)12)8(16-6)18-9(13,14)15/h1,7,17H,2-3H2. The molecule has 18 heavy (non-hydrogen) atoms. The summed E-state index contributed by atoms with van der Waals surface area (Å²) in [7, 11) is 0. The summed E-state index contributed by atoms with van der Waals surface area (Å²) in [6.45, 7) is -0.611. The maximum Gasteiger partial charge on any atom is 0.574 e. The molecule has 0 aliphatic heterocycles. The van der Waals surface area contributed by atoms with Crippen LogP contribution in [0, 0.1) is 0 Å². The van der Waals surface area contributed by atoms with E-state index in [1.165, 1.54) is 0 Å². The molecular weight excluding hydrogens is 329 g/mol. The zero-order chi connectivity index (χ0) is 13.9. The molecule has 0 amide bonds. The van der Waals surface area contributed by atoms with Gasteiger partial charge in [-0.25, -0.2) is 13.8 Å². The van der Waals surface area contributed by atoms with Crippen molar-refractivity contribution in [1.29, 1.82) is 0 Å². The van der Waals surface area contributed by atoms with Gasteiger partial charge in [0.1, 0.15) is 0 Å². The number of nitrogens with zero attached hydrogens (tertiary/aromatic N) is 1. The molecule has 0 aliphatic rings. The normalized spacial score (nSPS) is 12.0. The van der Waals surface area contributed by atoms with Gasteiger partial charge in [0.2, 0.25) is 5.88 Å². The fourth-order valence-electron chi connectivity index (χ4n) is 1.19. The molecule has 0 spiro atoms. The minimum Gasteiger partial charge on any atom is -0.392 e. The Hall–Kier alpha value is -0.960. The van der Waals surface area contributed by atoms with Crippen LogP contribution in [0.3, 0.4) is 0 Å². The number of aromatic nitrogens is 1. The number of aliphatic hydroxyl groups excluding tert-OH is 1. The Morgan fingerprint density at radius 1 is 1.39 bits per heavy atom. The summed E-state index contributed by atoms with van der Waals surface area (Å²) >= 11 is 2.93. The van der Waals surface area contributed by atoms with Crippen molar-refractivity contribution in [1.82, 2.24) is 4.98 Å². The smallest absolute Gasteiger partial charge is 0.392 e. The number of hydrogen-bond acceptors (Lipinski definition) is 3. The van der Waals surface area contributed by atoms with E-state index in [0.717, 1.165) is 6.07 Å². The lowest BCUT2D eigenvalue weighted by atomic mass is 10.1. The van der Waals surface area contributed by atoms with Crippen molar-refractivity contribution < 1.29 is 31.8 Å². The van der Waals surface area contributed by atoms with E-state index >= 15 is 0 Å². The highest BCUT2D eigenvalue weighted by Crippen LogP contribution is 2.33. The Bertz CT molecular complexity index is 424. The average Bonchev–Trinajstić information content (AvgIpc) is 2.25. The summed E-state index contributed by atoms with van der Waals surface area (Å²) in [5, 5.41) is 8.91. The first-order valence-electron chi connectivity index (χ1n) is 4.52. The van der Waals surface area contributed by atoms with Crippen LogP contribution in [0.4, 0.5) is 22.0 Å². The molecule has 0 radical (unpaired) electrons. The average molecular weight is 336 g/mol. The topological polar surface area (TPSA) is 42.4 Å². The van der Waals surface area contributed by atoms with Crippen molar-refractivity contribution in [2.75, 3.05) is 0 Å². The van der Waals surface area contributed by atoms with Crippen LogP contribution in [-0.2, 0) is 11.9 Å². The molecule has 0 atom stereocenters. The predicted molar refractivity (Wildman–Crippen MR) is 54.4 cm³/mol. The molecule has 1 aromatic heterocycles. The summed E-state index contributed by atoms with van der Waals surface area (Å²) in [5.74, 6) is -1.20. The van der Waals surface area contributed by atoms with Gasteiger partial charge in [-0.05, 0) is 6.07 Å². The lowest BCUT2D eigenvalue weighted by molar-refractivity contribution is -0.276. The van der Waals surface area contributed by atoms with Crippen LogP contribution in [-0.4, -0.2) is 16.5 Å². The first kappa shape index (κ1) is 15.1. The molecule has 3 nitrogen and oxygen atoms in total. The minimum atomic E-state index is -5.11.